The highest BCUT2D eigenvalue weighted by Crippen LogP contribution is 2.41. The van der Waals surface area contributed by atoms with Crippen molar-refractivity contribution in [2.45, 2.75) is 6.04 Å². The van der Waals surface area contributed by atoms with Gasteiger partial charge in [0, 0.05) is 31.7 Å². The van der Waals surface area contributed by atoms with Gasteiger partial charge in [0.2, 0.25) is 16.7 Å². The number of hydrogen-bond donors (Lipinski definition) is 1. The third-order valence-corrected chi connectivity index (χ3v) is 7.33. The molecule has 1 fully saturated rings. The molecule has 5 aromatic rings. The number of fused-ring (bicyclic) bond motifs is 1. The van der Waals surface area contributed by atoms with Crippen LogP contribution < -0.4 is 4.90 Å². The predicted molar refractivity (Wildman–Crippen MR) is 129 cm³/mol. The van der Waals surface area contributed by atoms with Crippen molar-refractivity contribution < 1.29 is 18.3 Å². The SMILES string of the molecule is Oc1c(C(c2ccccc2F)N2CCN(c3ccccc3F)CC2)sc2nc(-c3ccco3)nn12. The molecular weight excluding hydrogens is 472 g/mol. The van der Waals surface area contributed by atoms with Crippen LogP contribution in [-0.4, -0.2) is 50.8 Å². The van der Waals surface area contributed by atoms with Crippen molar-refractivity contribution in [3.63, 3.8) is 0 Å². The summed E-state index contributed by atoms with van der Waals surface area (Å²) in [6, 6.07) is 16.2. The van der Waals surface area contributed by atoms with Gasteiger partial charge in [-0.1, -0.05) is 41.7 Å². The summed E-state index contributed by atoms with van der Waals surface area (Å²) in [7, 11) is 0. The molecule has 0 spiro atoms. The summed E-state index contributed by atoms with van der Waals surface area (Å²) in [6.07, 6.45) is 1.53. The van der Waals surface area contributed by atoms with Crippen molar-refractivity contribution in [2.75, 3.05) is 31.1 Å². The number of halogens is 2. The van der Waals surface area contributed by atoms with Gasteiger partial charge in [0.1, 0.15) is 11.6 Å². The quantitative estimate of drug-likeness (QED) is 0.374. The van der Waals surface area contributed by atoms with Crippen LogP contribution in [0.15, 0.2) is 71.3 Å². The molecule has 7 nitrogen and oxygen atoms in total. The fourth-order valence-electron chi connectivity index (χ4n) is 4.57. The van der Waals surface area contributed by atoms with Crippen molar-refractivity contribution in [3.8, 4) is 17.5 Å². The summed E-state index contributed by atoms with van der Waals surface area (Å²) >= 11 is 1.26. The summed E-state index contributed by atoms with van der Waals surface area (Å²) in [5, 5.41) is 15.5. The smallest absolute Gasteiger partial charge is 0.230 e. The van der Waals surface area contributed by atoms with E-state index < -0.39 is 6.04 Å². The third kappa shape index (κ3) is 3.84. The van der Waals surface area contributed by atoms with Gasteiger partial charge in [0.15, 0.2) is 5.76 Å². The van der Waals surface area contributed by atoms with Crippen LogP contribution in [0.3, 0.4) is 0 Å². The Kier molecular flexibility index (Phi) is 5.46. The Morgan fingerprint density at radius 1 is 0.914 bits per heavy atom. The van der Waals surface area contributed by atoms with Crippen LogP contribution in [0, 0.1) is 11.6 Å². The van der Waals surface area contributed by atoms with Crippen LogP contribution in [0.1, 0.15) is 16.5 Å². The average molecular weight is 494 g/mol. The number of thiazole rings is 1. The van der Waals surface area contributed by atoms with E-state index in [4.69, 9.17) is 4.42 Å². The maximum absolute atomic E-state index is 15.0. The lowest BCUT2D eigenvalue weighted by molar-refractivity contribution is 0.207. The van der Waals surface area contributed by atoms with Crippen molar-refractivity contribution in [1.82, 2.24) is 19.5 Å². The summed E-state index contributed by atoms with van der Waals surface area (Å²) in [4.78, 5) is 9.62. The first-order valence-corrected chi connectivity index (χ1v) is 12.0. The maximum Gasteiger partial charge on any atom is 0.230 e. The molecule has 35 heavy (non-hydrogen) atoms. The molecule has 3 aromatic heterocycles. The Bertz CT molecular complexity index is 1470. The van der Waals surface area contributed by atoms with Gasteiger partial charge in [0.25, 0.3) is 0 Å². The molecule has 1 aliphatic rings. The fourth-order valence-corrected chi connectivity index (χ4v) is 5.68. The third-order valence-electron chi connectivity index (χ3n) is 6.26. The van der Waals surface area contributed by atoms with Gasteiger partial charge >= 0.3 is 0 Å². The molecule has 1 atom stereocenters. The minimum absolute atomic E-state index is 0.0832. The van der Waals surface area contributed by atoms with E-state index in [0.29, 0.717) is 58.9 Å². The van der Waals surface area contributed by atoms with E-state index in [1.54, 1.807) is 42.5 Å². The van der Waals surface area contributed by atoms with E-state index in [9.17, 15) is 9.50 Å². The predicted octanol–water partition coefficient (Wildman–Crippen LogP) is 4.95. The van der Waals surface area contributed by atoms with Crippen molar-refractivity contribution in [3.05, 3.63) is 89.0 Å². The molecule has 0 radical (unpaired) electrons. The van der Waals surface area contributed by atoms with Gasteiger partial charge in [0.05, 0.1) is 22.9 Å². The van der Waals surface area contributed by atoms with Crippen LogP contribution in [0.4, 0.5) is 14.5 Å². The molecule has 1 aliphatic heterocycles. The van der Waals surface area contributed by atoms with Crippen molar-refractivity contribution in [2.24, 2.45) is 0 Å². The molecule has 1 N–H and O–H groups in total. The van der Waals surface area contributed by atoms with Gasteiger partial charge in [-0.15, -0.1) is 5.10 Å². The lowest BCUT2D eigenvalue weighted by Crippen LogP contribution is -2.48. The highest BCUT2D eigenvalue weighted by atomic mass is 32.1. The van der Waals surface area contributed by atoms with Gasteiger partial charge in [-0.05, 0) is 30.3 Å². The standard InChI is InChI=1S/C25H21F2N5O2S/c26-17-7-2-1-6-16(17)21(31-13-11-30(12-14-31)19-9-4-3-8-18(19)27)22-24(33)32-25(35-22)28-23(29-32)20-10-5-15-34-20/h1-10,15,21,33H,11-14H2. The first-order chi connectivity index (χ1) is 17.1. The monoisotopic (exact) mass is 493 g/mol. The zero-order chi connectivity index (χ0) is 23.9. The Morgan fingerprint density at radius 2 is 1.66 bits per heavy atom. The summed E-state index contributed by atoms with van der Waals surface area (Å²) in [6.45, 7) is 2.24. The average Bonchev–Trinajstić information content (AvgIpc) is 3.60. The Morgan fingerprint density at radius 3 is 2.34 bits per heavy atom. The number of nitrogens with zero attached hydrogens (tertiary/aromatic N) is 5. The molecule has 2 aromatic carbocycles. The number of hydrogen-bond acceptors (Lipinski definition) is 7. The second-order valence-corrected chi connectivity index (χ2v) is 9.30. The van der Waals surface area contributed by atoms with Crippen LogP contribution in [0.5, 0.6) is 5.88 Å². The Balaban J connectivity index is 1.35. The molecule has 0 saturated carbocycles. The number of aromatic hydroxyl groups is 1. The minimum atomic E-state index is -0.542. The van der Waals surface area contributed by atoms with Gasteiger partial charge in [-0.2, -0.15) is 9.50 Å². The van der Waals surface area contributed by atoms with Gasteiger partial charge < -0.3 is 14.4 Å². The van der Waals surface area contributed by atoms with E-state index in [2.05, 4.69) is 15.0 Å². The Labute approximate surface area is 203 Å². The largest absolute Gasteiger partial charge is 0.492 e. The summed E-state index contributed by atoms with van der Waals surface area (Å²) in [5.74, 6) is 0.159. The number of para-hydroxylation sites is 1. The second-order valence-electron chi connectivity index (χ2n) is 8.30. The van der Waals surface area contributed by atoms with E-state index >= 15 is 4.39 Å². The van der Waals surface area contributed by atoms with Crippen LogP contribution >= 0.6 is 11.3 Å². The lowest BCUT2D eigenvalue weighted by atomic mass is 10.0. The summed E-state index contributed by atoms with van der Waals surface area (Å²) in [5.41, 5.74) is 1.01. The van der Waals surface area contributed by atoms with Gasteiger partial charge in [-0.3, -0.25) is 4.90 Å². The highest BCUT2D eigenvalue weighted by molar-refractivity contribution is 7.17. The van der Waals surface area contributed by atoms with Crippen molar-refractivity contribution >= 4 is 22.0 Å². The first-order valence-electron chi connectivity index (χ1n) is 11.2. The minimum Gasteiger partial charge on any atom is -0.492 e. The molecule has 6 rings (SSSR count). The molecule has 1 unspecified atom stereocenters. The van der Waals surface area contributed by atoms with Crippen LogP contribution in [0.2, 0.25) is 0 Å². The normalized spacial score (nSPS) is 15.7. The molecule has 10 heteroatoms. The first kappa shape index (κ1) is 21.8. The second kappa shape index (κ2) is 8.79. The number of furan rings is 1. The lowest BCUT2D eigenvalue weighted by Gasteiger charge is -2.40. The maximum atomic E-state index is 15.0. The number of benzene rings is 2. The Hall–Kier alpha value is -3.76. The summed E-state index contributed by atoms with van der Waals surface area (Å²) < 4.78 is 36.1. The molecule has 4 heterocycles. The van der Waals surface area contributed by atoms with E-state index in [0.717, 1.165) is 0 Å². The molecular formula is C25H21F2N5O2S. The topological polar surface area (TPSA) is 70.0 Å². The molecule has 178 valence electrons. The number of aromatic nitrogens is 3. The van der Waals surface area contributed by atoms with E-state index in [-0.39, 0.29) is 17.5 Å². The molecule has 1 saturated heterocycles. The van der Waals surface area contributed by atoms with E-state index in [1.165, 1.54) is 34.2 Å². The number of piperazine rings is 1. The number of rotatable bonds is 5. The zero-order valence-corrected chi connectivity index (χ0v) is 19.3. The van der Waals surface area contributed by atoms with Crippen LogP contribution in [-0.2, 0) is 0 Å². The van der Waals surface area contributed by atoms with Crippen LogP contribution in [0.25, 0.3) is 16.5 Å². The highest BCUT2D eigenvalue weighted by Gasteiger charge is 2.33. The molecule has 0 aliphatic carbocycles. The zero-order valence-electron chi connectivity index (χ0n) is 18.5. The number of anilines is 1. The van der Waals surface area contributed by atoms with Crippen molar-refractivity contribution in [1.29, 1.82) is 0 Å². The fraction of sp³-hybridized carbons (Fsp3) is 0.200. The molecule has 0 bridgehead atoms. The van der Waals surface area contributed by atoms with Gasteiger partial charge in [-0.25, -0.2) is 8.78 Å². The molecule has 0 amide bonds. The van der Waals surface area contributed by atoms with E-state index in [1.807, 2.05) is 11.0 Å².